The van der Waals surface area contributed by atoms with E-state index in [1.54, 1.807) is 12.4 Å². The first-order valence-electron chi connectivity index (χ1n) is 1.91. The molecule has 0 rings (SSSR count). The molecule has 6 heavy (non-hydrogen) atoms. The van der Waals surface area contributed by atoms with Gasteiger partial charge in [-0.2, -0.15) is 0 Å². The average Bonchev–Trinajstić information content (AvgIpc) is 1.35. The van der Waals surface area contributed by atoms with Gasteiger partial charge in [0.05, 0.1) is 7.05 Å². The van der Waals surface area contributed by atoms with Crippen LogP contribution in [-0.4, -0.2) is 30.1 Å². The number of aliphatic hydroxyl groups excluding tert-OH is 1. The molecule has 3 nitrogen and oxygen atoms in total. The highest BCUT2D eigenvalue weighted by Gasteiger charge is 1.91. The molecule has 40 valence electrons. The van der Waals surface area contributed by atoms with E-state index in [4.69, 9.17) is 10.2 Å². The summed E-state index contributed by atoms with van der Waals surface area (Å²) < 4.78 is 0. The summed E-state index contributed by atoms with van der Waals surface area (Å²) in [4.78, 5) is 0. The molecule has 0 amide bonds. The highest BCUT2D eigenvalue weighted by Crippen LogP contribution is 1.57. The molecule has 0 aromatic carbocycles. The lowest BCUT2D eigenvalue weighted by Crippen LogP contribution is -2.82. The summed E-state index contributed by atoms with van der Waals surface area (Å²) in [7, 11) is 1.78. The highest BCUT2D eigenvalue weighted by atomic mass is 16.5. The van der Waals surface area contributed by atoms with Crippen molar-refractivity contribution < 1.29 is 17.0 Å². The molecule has 0 atom stereocenters. The van der Waals surface area contributed by atoms with Gasteiger partial charge in [0, 0.05) is 0 Å². The van der Waals surface area contributed by atoms with Gasteiger partial charge in [-0.25, -0.2) is 0 Å². The van der Waals surface area contributed by atoms with Gasteiger partial charge in [0.1, 0.15) is 6.54 Å². The molecule has 0 heterocycles. The first-order valence-corrected chi connectivity index (χ1v) is 1.91. The second-order valence-electron chi connectivity index (χ2n) is 1.12. The molecular formula is C3H11NO2. The molecule has 0 aliphatic heterocycles. The van der Waals surface area contributed by atoms with Gasteiger partial charge in [-0.05, 0) is 0 Å². The highest BCUT2D eigenvalue weighted by molar-refractivity contribution is 4.19. The van der Waals surface area contributed by atoms with Crippen LogP contribution in [0.15, 0.2) is 0 Å². The van der Waals surface area contributed by atoms with Crippen LogP contribution in [-0.2, 0) is 0 Å². The Hall–Kier alpha value is -0.120. The van der Waals surface area contributed by atoms with E-state index in [1.165, 1.54) is 0 Å². The van der Waals surface area contributed by atoms with Crippen molar-refractivity contribution in [1.29, 1.82) is 0 Å². The number of aliphatic hydroxyl groups is 2. The number of likely N-dealkylation sites (N-methyl/N-ethyl adjacent to an activating group) is 1. The first-order chi connectivity index (χ1) is 2.77. The molecule has 0 aliphatic rings. The zero-order chi connectivity index (χ0) is 4.99. The Labute approximate surface area is 38.1 Å². The minimum atomic E-state index is -1.16. The van der Waals surface area contributed by atoms with Gasteiger partial charge in [0.25, 0.3) is 0 Å². The van der Waals surface area contributed by atoms with Crippen molar-refractivity contribution in [2.75, 3.05) is 13.6 Å². The quantitative estimate of drug-likeness (QED) is 0.333. The van der Waals surface area contributed by atoms with Crippen molar-refractivity contribution in [3.8, 4) is 0 Å². The van der Waals surface area contributed by atoms with Crippen LogP contribution < -0.4 is 5.32 Å². The lowest BCUT2D eigenvalue weighted by Gasteiger charge is -1.94. The second kappa shape index (κ2) is 3.08. The molecule has 0 aliphatic carbocycles. The Morgan fingerprint density at radius 2 is 2.33 bits per heavy atom. The van der Waals surface area contributed by atoms with Crippen molar-refractivity contribution >= 4 is 0 Å². The smallest absolute Gasteiger partial charge is 0.202 e. The van der Waals surface area contributed by atoms with Crippen LogP contribution in [0, 0.1) is 0 Å². The Morgan fingerprint density at radius 3 is 2.33 bits per heavy atom. The topological polar surface area (TPSA) is 57.1 Å². The van der Waals surface area contributed by atoms with Crippen molar-refractivity contribution in [2.24, 2.45) is 0 Å². The van der Waals surface area contributed by atoms with Gasteiger partial charge in [0.2, 0.25) is 6.29 Å². The van der Waals surface area contributed by atoms with Gasteiger partial charge >= 0.3 is 0 Å². The maximum absolute atomic E-state index is 8.08. The monoisotopic (exact) mass is 93.1 g/mol. The molecule has 0 saturated heterocycles. The van der Waals surface area contributed by atoms with Gasteiger partial charge < -0.3 is 17.0 Å². The minimum absolute atomic E-state index is 0. The lowest BCUT2D eigenvalue weighted by atomic mass is 10.6. The number of rotatable bonds is 2. The summed E-state index contributed by atoms with van der Waals surface area (Å²) in [5, 5.41) is 17.9. The predicted octanol–water partition coefficient (Wildman–Crippen LogP) is -2.40. The normalized spacial score (nSPS) is 10.0. The maximum atomic E-state index is 8.08. The molecule has 0 fully saturated rings. The summed E-state index contributed by atoms with van der Waals surface area (Å²) >= 11 is 0. The van der Waals surface area contributed by atoms with Crippen LogP contribution in [0.25, 0.3) is 0 Å². The molecule has 3 heteroatoms. The Morgan fingerprint density at radius 1 is 1.83 bits per heavy atom. The summed E-state index contributed by atoms with van der Waals surface area (Å²) in [6.45, 7) is 0.361. The standard InChI is InChI=1S/C3H9NO2.H/c1-4-2-3(5)6;/h3-6H,2H2,1H3;/q;-1/p+1. The number of hydrogen-bond acceptors (Lipinski definition) is 2. The predicted molar refractivity (Wildman–Crippen MR) is 22.1 cm³/mol. The Kier molecular flexibility index (Phi) is 3.02. The van der Waals surface area contributed by atoms with E-state index < -0.39 is 6.29 Å². The molecule has 0 saturated carbocycles. The van der Waals surface area contributed by atoms with Crippen LogP contribution in [0.2, 0.25) is 0 Å². The van der Waals surface area contributed by atoms with Crippen LogP contribution in [0.4, 0.5) is 0 Å². The first kappa shape index (κ1) is 5.88. The molecule has 0 radical (unpaired) electrons. The number of nitrogens with two attached hydrogens (primary N) is 1. The van der Waals surface area contributed by atoms with Crippen molar-refractivity contribution in [3.63, 3.8) is 0 Å². The van der Waals surface area contributed by atoms with Crippen LogP contribution >= 0.6 is 0 Å². The molecule has 0 aromatic heterocycles. The van der Waals surface area contributed by atoms with Crippen LogP contribution in [0.3, 0.4) is 0 Å². The summed E-state index contributed by atoms with van der Waals surface area (Å²) in [6, 6.07) is 0. The van der Waals surface area contributed by atoms with E-state index in [1.807, 2.05) is 0 Å². The minimum Gasteiger partial charge on any atom is -1.00 e. The maximum Gasteiger partial charge on any atom is 0.202 e. The van der Waals surface area contributed by atoms with Gasteiger partial charge in [0.15, 0.2) is 0 Å². The molecule has 0 bridgehead atoms. The zero-order valence-electron chi connectivity index (χ0n) is 4.76. The second-order valence-corrected chi connectivity index (χ2v) is 1.12. The van der Waals surface area contributed by atoms with E-state index in [2.05, 4.69) is 0 Å². The molecule has 0 unspecified atom stereocenters. The molecule has 0 aromatic rings. The SMILES string of the molecule is C[NH2+]CC(O)O.[H-]. The summed E-state index contributed by atoms with van der Waals surface area (Å²) in [6.07, 6.45) is -1.16. The largest absolute Gasteiger partial charge is 1.00 e. The van der Waals surface area contributed by atoms with E-state index in [0.717, 1.165) is 0 Å². The third-order valence-electron chi connectivity index (χ3n) is 0.447. The molecule has 4 N–H and O–H groups in total. The molecular weight excluding hydrogens is 82.0 g/mol. The Balaban J connectivity index is 0. The van der Waals surface area contributed by atoms with E-state index in [-0.39, 0.29) is 1.43 Å². The fraction of sp³-hybridized carbons (Fsp3) is 1.00. The van der Waals surface area contributed by atoms with E-state index >= 15 is 0 Å². The Bertz CT molecular complexity index is 34.1. The van der Waals surface area contributed by atoms with Gasteiger partial charge in [-0.1, -0.05) is 0 Å². The molecule has 0 spiro atoms. The van der Waals surface area contributed by atoms with Crippen molar-refractivity contribution in [3.05, 3.63) is 0 Å². The van der Waals surface area contributed by atoms with Gasteiger partial charge in [-0.3, -0.25) is 0 Å². The number of hydrogen-bond donors (Lipinski definition) is 3. The third kappa shape index (κ3) is 3.88. The summed E-state index contributed by atoms with van der Waals surface area (Å²) in [5.41, 5.74) is 0. The lowest BCUT2D eigenvalue weighted by molar-refractivity contribution is -0.640. The average molecular weight is 93.1 g/mol. The van der Waals surface area contributed by atoms with Crippen molar-refractivity contribution in [1.82, 2.24) is 0 Å². The number of quaternary nitrogens is 1. The van der Waals surface area contributed by atoms with Crippen molar-refractivity contribution in [2.45, 2.75) is 6.29 Å². The zero-order valence-corrected chi connectivity index (χ0v) is 3.76. The third-order valence-corrected chi connectivity index (χ3v) is 0.447. The van der Waals surface area contributed by atoms with Crippen LogP contribution in [0.5, 0.6) is 0 Å². The van der Waals surface area contributed by atoms with E-state index in [9.17, 15) is 0 Å². The van der Waals surface area contributed by atoms with Gasteiger partial charge in [-0.15, -0.1) is 0 Å². The fourth-order valence-corrected chi connectivity index (χ4v) is 0.211. The fourth-order valence-electron chi connectivity index (χ4n) is 0.211. The summed E-state index contributed by atoms with van der Waals surface area (Å²) in [5.74, 6) is 0. The van der Waals surface area contributed by atoms with E-state index in [0.29, 0.717) is 6.54 Å². The van der Waals surface area contributed by atoms with Crippen LogP contribution in [0.1, 0.15) is 1.43 Å².